The molecule has 1 N–H and O–H groups in total. The van der Waals surface area contributed by atoms with Crippen LogP contribution in [0.15, 0.2) is 140 Å². The number of aromatic nitrogens is 1. The monoisotopic (exact) mass is 460 g/mol. The largest absolute Gasteiger partial charge is 0.355 e. The van der Waals surface area contributed by atoms with Crippen LogP contribution in [0.1, 0.15) is 0 Å². The van der Waals surface area contributed by atoms with Crippen LogP contribution in [0.5, 0.6) is 0 Å². The zero-order valence-electron chi connectivity index (χ0n) is 19.7. The van der Waals surface area contributed by atoms with E-state index in [1.54, 1.807) is 0 Å². The minimum atomic E-state index is 1.08. The third kappa shape index (κ3) is 3.43. The van der Waals surface area contributed by atoms with Gasteiger partial charge in [-0.25, -0.2) is 0 Å². The van der Waals surface area contributed by atoms with Gasteiger partial charge >= 0.3 is 0 Å². The molecule has 0 unspecified atom stereocenters. The highest BCUT2D eigenvalue weighted by atomic mass is 15.0. The van der Waals surface area contributed by atoms with E-state index in [0.29, 0.717) is 0 Å². The van der Waals surface area contributed by atoms with E-state index >= 15 is 0 Å². The van der Waals surface area contributed by atoms with Crippen LogP contribution in [0.4, 0.5) is 11.4 Å². The minimum Gasteiger partial charge on any atom is -0.355 e. The molecule has 0 fully saturated rings. The van der Waals surface area contributed by atoms with Gasteiger partial charge in [0.25, 0.3) is 0 Å². The van der Waals surface area contributed by atoms with Gasteiger partial charge in [-0.15, -0.1) is 0 Å². The van der Waals surface area contributed by atoms with E-state index < -0.39 is 0 Å². The van der Waals surface area contributed by atoms with Crippen molar-refractivity contribution in [2.24, 2.45) is 0 Å². The molecule has 0 atom stereocenters. The fourth-order valence-corrected chi connectivity index (χ4v) is 5.30. The molecule has 0 bridgehead atoms. The number of anilines is 2. The predicted molar refractivity (Wildman–Crippen MR) is 153 cm³/mol. The van der Waals surface area contributed by atoms with Gasteiger partial charge in [0, 0.05) is 27.8 Å². The van der Waals surface area contributed by atoms with Gasteiger partial charge in [-0.05, 0) is 70.4 Å². The van der Waals surface area contributed by atoms with Gasteiger partial charge in [-0.1, -0.05) is 91.0 Å². The second-order valence-corrected chi connectivity index (χ2v) is 9.16. The zero-order valence-corrected chi connectivity index (χ0v) is 19.7. The zero-order chi connectivity index (χ0) is 23.9. The molecule has 0 aliphatic rings. The van der Waals surface area contributed by atoms with Gasteiger partial charge in [0.1, 0.15) is 0 Å². The van der Waals surface area contributed by atoms with Crippen LogP contribution in [-0.4, -0.2) is 4.57 Å². The first-order valence-corrected chi connectivity index (χ1v) is 12.3. The third-order valence-corrected chi connectivity index (χ3v) is 6.92. The van der Waals surface area contributed by atoms with Crippen molar-refractivity contribution in [2.45, 2.75) is 0 Å². The lowest BCUT2D eigenvalue weighted by atomic mass is 9.96. The maximum absolute atomic E-state index is 3.60. The standard InChI is InChI=1S/C34H24N2/c1-3-12-26(13-4-1)35-27-21-24-11-7-8-16-29(24)32(23-27)25-19-20-31-30-17-9-10-18-33(30)36(34(31)22-25)28-14-5-2-6-15-28/h1-23,35H. The van der Waals surface area contributed by atoms with Gasteiger partial charge < -0.3 is 9.88 Å². The number of hydrogen-bond acceptors (Lipinski definition) is 1. The number of rotatable bonds is 4. The topological polar surface area (TPSA) is 17.0 Å². The van der Waals surface area contributed by atoms with Crippen molar-refractivity contribution in [2.75, 3.05) is 5.32 Å². The van der Waals surface area contributed by atoms with Crippen molar-refractivity contribution in [3.8, 4) is 16.8 Å². The molecular formula is C34H24N2. The van der Waals surface area contributed by atoms with Gasteiger partial charge in [0.15, 0.2) is 0 Å². The quantitative estimate of drug-likeness (QED) is 0.277. The molecule has 1 heterocycles. The van der Waals surface area contributed by atoms with Crippen LogP contribution in [-0.2, 0) is 0 Å². The number of nitrogens with zero attached hydrogens (tertiary/aromatic N) is 1. The minimum absolute atomic E-state index is 1.08. The Morgan fingerprint density at radius 2 is 1.11 bits per heavy atom. The van der Waals surface area contributed by atoms with E-state index in [-0.39, 0.29) is 0 Å². The highest BCUT2D eigenvalue weighted by Crippen LogP contribution is 2.38. The van der Waals surface area contributed by atoms with E-state index in [2.05, 4.69) is 143 Å². The second kappa shape index (κ2) is 8.44. The van der Waals surface area contributed by atoms with E-state index in [1.165, 1.54) is 49.4 Å². The van der Waals surface area contributed by atoms with Crippen LogP contribution in [0.25, 0.3) is 49.4 Å². The molecule has 0 spiro atoms. The van der Waals surface area contributed by atoms with E-state index in [0.717, 1.165) is 11.4 Å². The normalized spacial score (nSPS) is 11.3. The van der Waals surface area contributed by atoms with Crippen molar-refractivity contribution in [3.63, 3.8) is 0 Å². The molecule has 0 aliphatic heterocycles. The summed E-state index contributed by atoms with van der Waals surface area (Å²) >= 11 is 0. The highest BCUT2D eigenvalue weighted by Gasteiger charge is 2.14. The molecule has 0 saturated heterocycles. The van der Waals surface area contributed by atoms with Crippen molar-refractivity contribution in [3.05, 3.63) is 140 Å². The Morgan fingerprint density at radius 1 is 0.444 bits per heavy atom. The summed E-state index contributed by atoms with van der Waals surface area (Å²) in [7, 11) is 0. The molecule has 0 radical (unpaired) electrons. The molecule has 36 heavy (non-hydrogen) atoms. The summed E-state index contributed by atoms with van der Waals surface area (Å²) in [6.07, 6.45) is 0. The molecule has 0 aliphatic carbocycles. The Balaban J connectivity index is 1.48. The van der Waals surface area contributed by atoms with Crippen LogP contribution >= 0.6 is 0 Å². The van der Waals surface area contributed by atoms with Crippen molar-refractivity contribution in [1.29, 1.82) is 0 Å². The average molecular weight is 461 g/mol. The second-order valence-electron chi connectivity index (χ2n) is 9.16. The van der Waals surface area contributed by atoms with Crippen molar-refractivity contribution in [1.82, 2.24) is 4.57 Å². The van der Waals surface area contributed by atoms with Crippen molar-refractivity contribution >= 4 is 44.0 Å². The molecular weight excluding hydrogens is 436 g/mol. The van der Waals surface area contributed by atoms with Gasteiger partial charge in [-0.2, -0.15) is 0 Å². The SMILES string of the molecule is c1ccc(Nc2cc(-c3ccc4c5ccccc5n(-c5ccccc5)c4c3)c3ccccc3c2)cc1. The smallest absolute Gasteiger partial charge is 0.0547 e. The fraction of sp³-hybridized carbons (Fsp3) is 0. The summed E-state index contributed by atoms with van der Waals surface area (Å²) in [6.45, 7) is 0. The Labute approximate surface area is 210 Å². The summed E-state index contributed by atoms with van der Waals surface area (Å²) in [6, 6.07) is 49.7. The number of nitrogens with one attached hydrogen (secondary N) is 1. The summed E-state index contributed by atoms with van der Waals surface area (Å²) in [5.74, 6) is 0. The molecule has 0 amide bonds. The van der Waals surface area contributed by atoms with Crippen LogP contribution < -0.4 is 5.32 Å². The van der Waals surface area contributed by atoms with Gasteiger partial charge in [0.05, 0.1) is 11.0 Å². The first-order chi connectivity index (χ1) is 17.8. The van der Waals surface area contributed by atoms with Crippen LogP contribution in [0.2, 0.25) is 0 Å². The van der Waals surface area contributed by atoms with Gasteiger partial charge in [0.2, 0.25) is 0 Å². The van der Waals surface area contributed by atoms with E-state index in [4.69, 9.17) is 0 Å². The molecule has 2 heteroatoms. The molecule has 0 saturated carbocycles. The summed E-state index contributed by atoms with van der Waals surface area (Å²) in [5, 5.41) is 8.60. The third-order valence-electron chi connectivity index (χ3n) is 6.92. The summed E-state index contributed by atoms with van der Waals surface area (Å²) in [4.78, 5) is 0. The summed E-state index contributed by atoms with van der Waals surface area (Å²) < 4.78 is 2.38. The van der Waals surface area contributed by atoms with Crippen molar-refractivity contribution < 1.29 is 0 Å². The number of fused-ring (bicyclic) bond motifs is 4. The predicted octanol–water partition coefficient (Wildman–Crippen LogP) is 9.35. The lowest BCUT2D eigenvalue weighted by molar-refractivity contribution is 1.18. The molecule has 1 aromatic heterocycles. The molecule has 170 valence electrons. The Hall–Kier alpha value is -4.82. The maximum atomic E-state index is 3.60. The molecule has 7 rings (SSSR count). The van der Waals surface area contributed by atoms with Crippen LogP contribution in [0.3, 0.4) is 0 Å². The number of hydrogen-bond donors (Lipinski definition) is 1. The van der Waals surface area contributed by atoms with Crippen LogP contribution in [0, 0.1) is 0 Å². The van der Waals surface area contributed by atoms with E-state index in [9.17, 15) is 0 Å². The maximum Gasteiger partial charge on any atom is 0.0547 e. The highest BCUT2D eigenvalue weighted by molar-refractivity contribution is 6.11. The summed E-state index contributed by atoms with van der Waals surface area (Å²) in [5.41, 5.74) is 8.20. The first kappa shape index (κ1) is 20.5. The lowest BCUT2D eigenvalue weighted by Crippen LogP contribution is -1.94. The number of para-hydroxylation sites is 3. The fourth-order valence-electron chi connectivity index (χ4n) is 5.30. The Morgan fingerprint density at radius 3 is 1.94 bits per heavy atom. The molecule has 6 aromatic carbocycles. The molecule has 2 nitrogen and oxygen atoms in total. The number of benzene rings is 6. The Kier molecular flexibility index (Phi) is 4.82. The van der Waals surface area contributed by atoms with E-state index in [1.807, 2.05) is 6.07 Å². The Bertz CT molecular complexity index is 1850. The first-order valence-electron chi connectivity index (χ1n) is 12.3. The molecule has 7 aromatic rings. The lowest BCUT2D eigenvalue weighted by Gasteiger charge is -2.14. The van der Waals surface area contributed by atoms with Gasteiger partial charge in [-0.3, -0.25) is 0 Å². The average Bonchev–Trinajstić information content (AvgIpc) is 3.27.